The van der Waals surface area contributed by atoms with Crippen LogP contribution >= 0.6 is 11.3 Å². The van der Waals surface area contributed by atoms with Gasteiger partial charge in [-0.05, 0) is 41.8 Å². The average Bonchev–Trinajstić information content (AvgIpc) is 3.47. The van der Waals surface area contributed by atoms with Crippen molar-refractivity contribution in [2.75, 3.05) is 6.54 Å². The van der Waals surface area contributed by atoms with Gasteiger partial charge in [-0.25, -0.2) is 9.79 Å². The summed E-state index contributed by atoms with van der Waals surface area (Å²) in [6.07, 6.45) is 2.45. The molecule has 0 aliphatic carbocycles. The molecular formula is C27H21N3O3S. The molecule has 0 spiro atoms. The van der Waals surface area contributed by atoms with Gasteiger partial charge in [0.05, 0.1) is 17.3 Å². The summed E-state index contributed by atoms with van der Waals surface area (Å²) in [4.78, 5) is 19.4. The van der Waals surface area contributed by atoms with Crippen LogP contribution in [-0.2, 0) is 19.5 Å². The number of hydrogen-bond donors (Lipinski definition) is 1. The van der Waals surface area contributed by atoms with Gasteiger partial charge in [0.25, 0.3) is 0 Å². The maximum atomic E-state index is 11.2. The number of aliphatic imine (C=N–C) groups is 1. The van der Waals surface area contributed by atoms with Gasteiger partial charge in [0, 0.05) is 30.1 Å². The van der Waals surface area contributed by atoms with Gasteiger partial charge in [-0.1, -0.05) is 42.5 Å². The van der Waals surface area contributed by atoms with Crippen molar-refractivity contribution >= 4 is 28.5 Å². The Morgan fingerprint density at radius 3 is 2.82 bits per heavy atom. The van der Waals surface area contributed by atoms with Crippen LogP contribution in [0, 0.1) is 11.3 Å². The zero-order chi connectivity index (χ0) is 23.5. The fourth-order valence-electron chi connectivity index (χ4n) is 4.13. The molecule has 0 bridgehead atoms. The minimum Gasteiger partial charge on any atom is -0.478 e. The number of carbonyl (C=O) groups is 1. The molecule has 3 heterocycles. The molecule has 6 nitrogen and oxygen atoms in total. The molecule has 0 fully saturated rings. The summed E-state index contributed by atoms with van der Waals surface area (Å²) in [7, 11) is 0. The number of rotatable bonds is 6. The lowest BCUT2D eigenvalue weighted by Crippen LogP contribution is -2.29. The largest absolute Gasteiger partial charge is 0.478 e. The van der Waals surface area contributed by atoms with Crippen molar-refractivity contribution < 1.29 is 14.3 Å². The van der Waals surface area contributed by atoms with Crippen LogP contribution in [0.2, 0.25) is 0 Å². The first kappa shape index (κ1) is 21.8. The van der Waals surface area contributed by atoms with E-state index in [2.05, 4.69) is 40.2 Å². The highest BCUT2D eigenvalue weighted by molar-refractivity contribution is 7.16. The Labute approximate surface area is 201 Å². The van der Waals surface area contributed by atoms with Gasteiger partial charge in [0.2, 0.25) is 0 Å². The first-order valence-corrected chi connectivity index (χ1v) is 11.7. The number of benzene rings is 2. The van der Waals surface area contributed by atoms with Crippen molar-refractivity contribution in [3.63, 3.8) is 0 Å². The van der Waals surface area contributed by atoms with Crippen LogP contribution in [0.5, 0.6) is 0 Å². The summed E-state index contributed by atoms with van der Waals surface area (Å²) in [5.74, 6) is 0.118. The molecule has 0 radical (unpaired) electrons. The van der Waals surface area contributed by atoms with Crippen molar-refractivity contribution in [2.24, 2.45) is 4.99 Å². The van der Waals surface area contributed by atoms with E-state index in [9.17, 15) is 15.2 Å². The van der Waals surface area contributed by atoms with E-state index < -0.39 is 5.97 Å². The molecule has 4 aromatic rings. The monoisotopic (exact) mass is 467 g/mol. The number of hydrogen-bond acceptors (Lipinski definition) is 6. The molecule has 1 aliphatic heterocycles. The molecule has 5 rings (SSSR count). The third-order valence-electron chi connectivity index (χ3n) is 5.81. The summed E-state index contributed by atoms with van der Waals surface area (Å²) in [5.41, 5.74) is 3.92. The van der Waals surface area contributed by atoms with Gasteiger partial charge >= 0.3 is 5.97 Å². The lowest BCUT2D eigenvalue weighted by Gasteiger charge is -2.26. The quantitative estimate of drug-likeness (QED) is 0.357. The van der Waals surface area contributed by atoms with Crippen LogP contribution in [0.15, 0.2) is 76.1 Å². The average molecular weight is 468 g/mol. The van der Waals surface area contributed by atoms with E-state index in [1.165, 1.54) is 10.4 Å². The molecule has 2 aromatic carbocycles. The van der Waals surface area contributed by atoms with Gasteiger partial charge in [-0.2, -0.15) is 5.26 Å². The van der Waals surface area contributed by atoms with E-state index >= 15 is 0 Å². The molecular weight excluding hydrogens is 446 g/mol. The van der Waals surface area contributed by atoms with Gasteiger partial charge in [0.1, 0.15) is 22.6 Å². The van der Waals surface area contributed by atoms with Crippen LogP contribution in [0.1, 0.15) is 37.7 Å². The fraction of sp³-hybridized carbons (Fsp3) is 0.148. The molecule has 168 valence electrons. The predicted molar refractivity (Wildman–Crippen MR) is 132 cm³/mol. The minimum absolute atomic E-state index is 0.202. The molecule has 7 heteroatoms. The van der Waals surface area contributed by atoms with Crippen LogP contribution in [0.25, 0.3) is 11.3 Å². The Morgan fingerprint density at radius 1 is 1.18 bits per heavy atom. The highest BCUT2D eigenvalue weighted by Crippen LogP contribution is 2.38. The topological polar surface area (TPSA) is 89.8 Å². The normalized spacial score (nSPS) is 13.6. The molecule has 0 unspecified atom stereocenters. The van der Waals surface area contributed by atoms with Gasteiger partial charge in [-0.3, -0.25) is 4.90 Å². The van der Waals surface area contributed by atoms with Crippen LogP contribution in [-0.4, -0.2) is 28.7 Å². The smallest absolute Gasteiger partial charge is 0.335 e. The Morgan fingerprint density at radius 2 is 2.03 bits per heavy atom. The molecule has 34 heavy (non-hydrogen) atoms. The molecule has 2 aromatic heterocycles. The number of nitrogens with zero attached hydrogens (tertiary/aromatic N) is 3. The van der Waals surface area contributed by atoms with E-state index in [1.807, 2.05) is 6.07 Å². The summed E-state index contributed by atoms with van der Waals surface area (Å²) >= 11 is 1.56. The zero-order valence-electron chi connectivity index (χ0n) is 18.3. The third kappa shape index (κ3) is 4.55. The van der Waals surface area contributed by atoms with Gasteiger partial charge in [-0.15, -0.1) is 11.3 Å². The Bertz CT molecular complexity index is 1410. The fourth-order valence-corrected chi connectivity index (χ4v) is 5.31. The highest BCUT2D eigenvalue weighted by atomic mass is 32.1. The molecule has 1 aliphatic rings. The van der Waals surface area contributed by atoms with E-state index in [-0.39, 0.29) is 5.56 Å². The highest BCUT2D eigenvalue weighted by Gasteiger charge is 2.24. The first-order valence-electron chi connectivity index (χ1n) is 10.9. The summed E-state index contributed by atoms with van der Waals surface area (Å²) < 4.78 is 5.86. The van der Waals surface area contributed by atoms with Gasteiger partial charge in [0.15, 0.2) is 0 Å². The zero-order valence-corrected chi connectivity index (χ0v) is 19.1. The molecule has 0 amide bonds. The lowest BCUT2D eigenvalue weighted by atomic mass is 10.0. The maximum Gasteiger partial charge on any atom is 0.335 e. The second kappa shape index (κ2) is 9.48. The lowest BCUT2D eigenvalue weighted by molar-refractivity contribution is 0.0697. The summed E-state index contributed by atoms with van der Waals surface area (Å²) in [6.45, 7) is 2.61. The number of furan rings is 1. The van der Waals surface area contributed by atoms with E-state index in [0.29, 0.717) is 27.6 Å². The standard InChI is InChI=1S/C27H21N3O3S/c28-14-23-22-11-12-30(16-18-5-2-1-3-6-18)17-25(22)34-26(23)29-15-21-9-10-24(33-21)19-7-4-8-20(13-19)27(31)32/h1-10,13,15H,11-12,16-17H2,(H,31,32). The summed E-state index contributed by atoms with van der Waals surface area (Å²) in [6, 6.07) is 22.9. The second-order valence-electron chi connectivity index (χ2n) is 8.09. The first-order chi connectivity index (χ1) is 16.6. The van der Waals surface area contributed by atoms with Crippen molar-refractivity contribution in [3.05, 3.63) is 99.6 Å². The Balaban J connectivity index is 1.34. The number of thiophene rings is 1. The Hall–Kier alpha value is -3.99. The van der Waals surface area contributed by atoms with Crippen molar-refractivity contribution in [1.29, 1.82) is 5.26 Å². The molecule has 0 saturated heterocycles. The molecule has 1 N–H and O–H groups in total. The molecule has 0 atom stereocenters. The van der Waals surface area contributed by atoms with Crippen molar-refractivity contribution in [2.45, 2.75) is 19.5 Å². The number of aromatic carboxylic acids is 1. The minimum atomic E-state index is -0.983. The van der Waals surface area contributed by atoms with Gasteiger partial charge < -0.3 is 9.52 Å². The van der Waals surface area contributed by atoms with E-state index in [0.717, 1.165) is 31.6 Å². The predicted octanol–water partition coefficient (Wildman–Crippen LogP) is 5.89. The van der Waals surface area contributed by atoms with Crippen molar-refractivity contribution in [3.8, 4) is 17.4 Å². The molecule has 0 saturated carbocycles. The number of fused-ring (bicyclic) bond motifs is 1. The van der Waals surface area contributed by atoms with Crippen LogP contribution in [0.3, 0.4) is 0 Å². The van der Waals surface area contributed by atoms with Crippen LogP contribution in [0.4, 0.5) is 5.00 Å². The van der Waals surface area contributed by atoms with Crippen molar-refractivity contribution in [1.82, 2.24) is 4.90 Å². The number of carboxylic acids is 1. The van der Waals surface area contributed by atoms with E-state index in [1.54, 1.807) is 53.9 Å². The summed E-state index contributed by atoms with van der Waals surface area (Å²) in [5, 5.41) is 19.7. The SMILES string of the molecule is N#Cc1c(N=Cc2ccc(-c3cccc(C(=O)O)c3)o2)sc2c1CCN(Cc1ccccc1)C2. The van der Waals surface area contributed by atoms with Crippen LogP contribution < -0.4 is 0 Å². The number of carboxylic acid groups (broad SMARTS) is 1. The Kier molecular flexibility index (Phi) is 6.09. The maximum absolute atomic E-state index is 11.2. The third-order valence-corrected chi connectivity index (χ3v) is 6.93. The number of nitriles is 1. The van der Waals surface area contributed by atoms with E-state index in [4.69, 9.17) is 4.42 Å². The second-order valence-corrected chi connectivity index (χ2v) is 9.17.